The Labute approximate surface area is 142 Å². The summed E-state index contributed by atoms with van der Waals surface area (Å²) in [4.78, 5) is 0. The third-order valence-corrected chi connectivity index (χ3v) is 4.45. The SMILES string of the molecule is CC#Cc1ccc(-c2ccc(F)cc2)cc1C1NC=CC(C)=C1C. The molecule has 1 aliphatic heterocycles. The van der Waals surface area contributed by atoms with Crippen LogP contribution in [0.15, 0.2) is 65.9 Å². The molecular weight excluding hydrogens is 297 g/mol. The molecule has 1 nitrogen and oxygen atoms in total. The Morgan fingerprint density at radius 3 is 2.42 bits per heavy atom. The maximum absolute atomic E-state index is 13.2. The van der Waals surface area contributed by atoms with Crippen LogP contribution in [0.3, 0.4) is 0 Å². The standard InChI is InChI=1S/C22H20FN/c1-4-5-18-6-7-19(17-8-10-20(23)11-9-17)14-21(18)22-16(3)15(2)12-13-24-22/h6-14,22,24H,1-3H3. The minimum Gasteiger partial charge on any atom is -0.380 e. The van der Waals surface area contributed by atoms with E-state index in [1.807, 2.05) is 37.4 Å². The van der Waals surface area contributed by atoms with Gasteiger partial charge in [0, 0.05) is 5.56 Å². The lowest BCUT2D eigenvalue weighted by atomic mass is 9.89. The van der Waals surface area contributed by atoms with Crippen molar-refractivity contribution < 1.29 is 4.39 Å². The molecule has 2 aromatic rings. The first-order valence-electron chi connectivity index (χ1n) is 8.03. The second-order valence-corrected chi connectivity index (χ2v) is 5.98. The van der Waals surface area contributed by atoms with Crippen LogP contribution in [0.25, 0.3) is 11.1 Å². The first kappa shape index (κ1) is 16.1. The summed E-state index contributed by atoms with van der Waals surface area (Å²) in [7, 11) is 0. The fourth-order valence-electron chi connectivity index (χ4n) is 2.95. The van der Waals surface area contributed by atoms with Gasteiger partial charge in [0.2, 0.25) is 0 Å². The second-order valence-electron chi connectivity index (χ2n) is 5.98. The molecule has 0 aliphatic carbocycles. The van der Waals surface area contributed by atoms with Crippen molar-refractivity contribution in [3.05, 3.63) is 82.8 Å². The smallest absolute Gasteiger partial charge is 0.123 e. The van der Waals surface area contributed by atoms with Gasteiger partial charge in [-0.25, -0.2) is 4.39 Å². The lowest BCUT2D eigenvalue weighted by Gasteiger charge is -2.25. The molecule has 1 N–H and O–H groups in total. The first-order valence-corrected chi connectivity index (χ1v) is 8.03. The molecule has 0 amide bonds. The number of rotatable bonds is 2. The quantitative estimate of drug-likeness (QED) is 0.735. The molecule has 0 saturated heterocycles. The highest BCUT2D eigenvalue weighted by molar-refractivity contribution is 5.67. The van der Waals surface area contributed by atoms with Crippen molar-refractivity contribution in [3.8, 4) is 23.0 Å². The molecule has 2 heteroatoms. The molecule has 120 valence electrons. The van der Waals surface area contributed by atoms with Crippen molar-refractivity contribution in [2.75, 3.05) is 0 Å². The zero-order chi connectivity index (χ0) is 17.1. The summed E-state index contributed by atoms with van der Waals surface area (Å²) < 4.78 is 13.2. The lowest BCUT2D eigenvalue weighted by molar-refractivity contribution is 0.628. The number of hydrogen-bond donors (Lipinski definition) is 1. The van der Waals surface area contributed by atoms with E-state index in [0.29, 0.717) is 0 Å². The monoisotopic (exact) mass is 317 g/mol. The highest BCUT2D eigenvalue weighted by Crippen LogP contribution is 2.32. The van der Waals surface area contributed by atoms with Crippen LogP contribution in [0.4, 0.5) is 4.39 Å². The van der Waals surface area contributed by atoms with Gasteiger partial charge in [-0.15, -0.1) is 5.92 Å². The Morgan fingerprint density at radius 1 is 1.00 bits per heavy atom. The van der Waals surface area contributed by atoms with Crippen LogP contribution < -0.4 is 5.32 Å². The number of hydrogen-bond acceptors (Lipinski definition) is 1. The number of dihydropyridines is 1. The van der Waals surface area contributed by atoms with Crippen molar-refractivity contribution in [3.63, 3.8) is 0 Å². The Balaban J connectivity index is 2.12. The van der Waals surface area contributed by atoms with Crippen LogP contribution in [-0.4, -0.2) is 0 Å². The van der Waals surface area contributed by atoms with Crippen molar-refractivity contribution in [2.24, 2.45) is 0 Å². The van der Waals surface area contributed by atoms with Gasteiger partial charge in [0.15, 0.2) is 0 Å². The summed E-state index contributed by atoms with van der Waals surface area (Å²) in [6.45, 7) is 6.11. The van der Waals surface area contributed by atoms with Gasteiger partial charge in [-0.05, 0) is 85.1 Å². The Kier molecular flexibility index (Phi) is 4.53. The maximum Gasteiger partial charge on any atom is 0.123 e. The van der Waals surface area contributed by atoms with E-state index in [2.05, 4.69) is 43.1 Å². The molecule has 0 bridgehead atoms. The van der Waals surface area contributed by atoms with E-state index < -0.39 is 0 Å². The fourth-order valence-corrected chi connectivity index (χ4v) is 2.95. The maximum atomic E-state index is 13.2. The fraction of sp³-hybridized carbons (Fsp3) is 0.182. The molecular formula is C22H20FN. The van der Waals surface area contributed by atoms with E-state index in [4.69, 9.17) is 0 Å². The lowest BCUT2D eigenvalue weighted by Crippen LogP contribution is -2.21. The summed E-state index contributed by atoms with van der Waals surface area (Å²) >= 11 is 0. The summed E-state index contributed by atoms with van der Waals surface area (Å²) in [5.74, 6) is 5.97. The van der Waals surface area contributed by atoms with Crippen LogP contribution in [0.2, 0.25) is 0 Å². The zero-order valence-corrected chi connectivity index (χ0v) is 14.2. The van der Waals surface area contributed by atoms with Crippen LogP contribution in [0, 0.1) is 17.7 Å². The van der Waals surface area contributed by atoms with E-state index >= 15 is 0 Å². The predicted octanol–water partition coefficient (Wildman–Crippen LogP) is 5.36. The molecule has 1 unspecified atom stereocenters. The number of halogens is 1. The third kappa shape index (κ3) is 3.12. The largest absolute Gasteiger partial charge is 0.380 e. The molecule has 24 heavy (non-hydrogen) atoms. The molecule has 0 fully saturated rings. The summed E-state index contributed by atoms with van der Waals surface area (Å²) in [5.41, 5.74) is 6.77. The van der Waals surface area contributed by atoms with Crippen LogP contribution in [0.5, 0.6) is 0 Å². The Hall–Kier alpha value is -2.79. The highest BCUT2D eigenvalue weighted by Gasteiger charge is 2.19. The highest BCUT2D eigenvalue weighted by atomic mass is 19.1. The average Bonchev–Trinajstić information content (AvgIpc) is 2.59. The first-order chi connectivity index (χ1) is 11.6. The van der Waals surface area contributed by atoms with Gasteiger partial charge >= 0.3 is 0 Å². The van der Waals surface area contributed by atoms with Gasteiger partial charge in [0.25, 0.3) is 0 Å². The van der Waals surface area contributed by atoms with Crippen LogP contribution in [-0.2, 0) is 0 Å². The van der Waals surface area contributed by atoms with E-state index in [0.717, 1.165) is 22.3 Å². The number of nitrogens with one attached hydrogen (secondary N) is 1. The number of benzene rings is 2. The van der Waals surface area contributed by atoms with Gasteiger partial charge in [-0.1, -0.05) is 24.1 Å². The number of allylic oxidation sites excluding steroid dienone is 2. The third-order valence-electron chi connectivity index (χ3n) is 4.45. The topological polar surface area (TPSA) is 12.0 Å². The van der Waals surface area contributed by atoms with Crippen molar-refractivity contribution in [2.45, 2.75) is 26.8 Å². The molecule has 0 aromatic heterocycles. The van der Waals surface area contributed by atoms with Gasteiger partial charge in [0.1, 0.15) is 5.82 Å². The normalized spacial score (nSPS) is 16.4. The van der Waals surface area contributed by atoms with Gasteiger partial charge < -0.3 is 5.32 Å². The molecule has 3 rings (SSSR count). The van der Waals surface area contributed by atoms with Crippen LogP contribution >= 0.6 is 0 Å². The summed E-state index contributed by atoms with van der Waals surface area (Å²) in [5, 5.41) is 3.44. The van der Waals surface area contributed by atoms with Crippen molar-refractivity contribution in [1.29, 1.82) is 0 Å². The predicted molar refractivity (Wildman–Crippen MR) is 97.8 cm³/mol. The zero-order valence-electron chi connectivity index (χ0n) is 14.2. The Bertz CT molecular complexity index is 876. The molecule has 0 spiro atoms. The Morgan fingerprint density at radius 2 is 1.71 bits per heavy atom. The van der Waals surface area contributed by atoms with Gasteiger partial charge in [-0.3, -0.25) is 0 Å². The van der Waals surface area contributed by atoms with E-state index in [1.165, 1.54) is 23.3 Å². The van der Waals surface area contributed by atoms with E-state index in [1.54, 1.807) is 0 Å². The molecule has 1 aliphatic rings. The van der Waals surface area contributed by atoms with Gasteiger partial charge in [0.05, 0.1) is 6.04 Å². The molecule has 1 atom stereocenters. The van der Waals surface area contributed by atoms with Crippen molar-refractivity contribution >= 4 is 0 Å². The van der Waals surface area contributed by atoms with Crippen molar-refractivity contribution in [1.82, 2.24) is 5.32 Å². The minimum absolute atomic E-state index is 0.103. The second kappa shape index (κ2) is 6.76. The molecule has 0 saturated carbocycles. The molecule has 2 aromatic carbocycles. The molecule has 1 heterocycles. The summed E-state index contributed by atoms with van der Waals surface area (Å²) in [6.07, 6.45) is 4.07. The van der Waals surface area contributed by atoms with Gasteiger partial charge in [-0.2, -0.15) is 0 Å². The average molecular weight is 317 g/mol. The molecule has 0 radical (unpaired) electrons. The van der Waals surface area contributed by atoms with Crippen LogP contribution in [0.1, 0.15) is 37.9 Å². The minimum atomic E-state index is -0.221. The van der Waals surface area contributed by atoms with E-state index in [9.17, 15) is 4.39 Å². The summed E-state index contributed by atoms with van der Waals surface area (Å²) in [6, 6.07) is 12.9. The van der Waals surface area contributed by atoms with E-state index in [-0.39, 0.29) is 11.9 Å².